The minimum Gasteiger partial charge on any atom is -0.305 e. The molecule has 0 N–H and O–H groups in total. The maximum atomic E-state index is 4.26. The van der Waals surface area contributed by atoms with Crippen LogP contribution in [0.2, 0.25) is 0 Å². The van der Waals surface area contributed by atoms with Crippen LogP contribution in [0.25, 0.3) is 10.6 Å². The van der Waals surface area contributed by atoms with Crippen LogP contribution in [0.5, 0.6) is 0 Å². The van der Waals surface area contributed by atoms with Gasteiger partial charge in [-0.15, -0.1) is 11.3 Å². The van der Waals surface area contributed by atoms with E-state index in [0.29, 0.717) is 0 Å². The average Bonchev–Trinajstić information content (AvgIpc) is 2.69. The van der Waals surface area contributed by atoms with E-state index >= 15 is 0 Å². The average molecular weight is 217 g/mol. The molecule has 1 aromatic carbocycles. The van der Waals surface area contributed by atoms with E-state index in [4.69, 9.17) is 0 Å². The van der Waals surface area contributed by atoms with Gasteiger partial charge in [0, 0.05) is 18.3 Å². The van der Waals surface area contributed by atoms with Gasteiger partial charge >= 0.3 is 0 Å². The van der Waals surface area contributed by atoms with Crippen molar-refractivity contribution in [1.82, 2.24) is 9.88 Å². The third-order valence-corrected chi connectivity index (χ3v) is 2.82. The molecule has 0 amide bonds. The Morgan fingerprint density at radius 3 is 2.93 bits per heavy atom. The summed E-state index contributed by atoms with van der Waals surface area (Å²) in [4.78, 5) is 6.42. The minimum absolute atomic E-state index is 0.961. The molecule has 1 radical (unpaired) electrons. The minimum atomic E-state index is 0.961. The fourth-order valence-corrected chi connectivity index (χ4v) is 2.06. The first-order valence-corrected chi connectivity index (χ1v) is 5.63. The number of nitrogens with zero attached hydrogens (tertiary/aromatic N) is 2. The maximum absolute atomic E-state index is 4.26. The molecule has 0 fully saturated rings. The normalized spacial score (nSPS) is 10.9. The topological polar surface area (TPSA) is 16.1 Å². The van der Waals surface area contributed by atoms with Gasteiger partial charge in [0.2, 0.25) is 0 Å². The second-order valence-corrected chi connectivity index (χ2v) is 4.55. The fourth-order valence-electron chi connectivity index (χ4n) is 1.49. The van der Waals surface area contributed by atoms with E-state index < -0.39 is 0 Å². The van der Waals surface area contributed by atoms with Crippen molar-refractivity contribution >= 4 is 11.3 Å². The lowest BCUT2D eigenvalue weighted by Gasteiger charge is -2.09. The number of aromatic nitrogens is 1. The van der Waals surface area contributed by atoms with E-state index in [0.717, 1.165) is 11.6 Å². The second kappa shape index (κ2) is 4.55. The van der Waals surface area contributed by atoms with Gasteiger partial charge in [0.25, 0.3) is 0 Å². The molecular weight excluding hydrogens is 204 g/mol. The molecule has 0 spiro atoms. The Morgan fingerprint density at radius 1 is 1.40 bits per heavy atom. The van der Waals surface area contributed by atoms with Crippen molar-refractivity contribution < 1.29 is 0 Å². The maximum Gasteiger partial charge on any atom is 0.123 e. The van der Waals surface area contributed by atoms with Crippen LogP contribution in [0.1, 0.15) is 5.56 Å². The summed E-state index contributed by atoms with van der Waals surface area (Å²) in [6.45, 7) is 0.961. The van der Waals surface area contributed by atoms with Crippen molar-refractivity contribution in [3.8, 4) is 10.6 Å². The van der Waals surface area contributed by atoms with E-state index in [1.807, 2.05) is 0 Å². The molecule has 0 saturated carbocycles. The smallest absolute Gasteiger partial charge is 0.123 e. The van der Waals surface area contributed by atoms with Gasteiger partial charge in [-0.05, 0) is 25.7 Å². The SMILES string of the molecule is CN(C)Cc1cccc(-c2nc[c]s2)c1. The van der Waals surface area contributed by atoms with Gasteiger partial charge in [-0.3, -0.25) is 0 Å². The van der Waals surface area contributed by atoms with Crippen molar-refractivity contribution in [2.24, 2.45) is 0 Å². The molecule has 77 valence electrons. The lowest BCUT2D eigenvalue weighted by Crippen LogP contribution is -2.10. The van der Waals surface area contributed by atoms with Crippen molar-refractivity contribution in [2.75, 3.05) is 14.1 Å². The molecule has 0 atom stereocenters. The fraction of sp³-hybridized carbons (Fsp3) is 0.250. The van der Waals surface area contributed by atoms with Crippen molar-refractivity contribution in [1.29, 1.82) is 0 Å². The summed E-state index contributed by atoms with van der Waals surface area (Å²) in [6.07, 6.45) is 1.72. The molecule has 0 aliphatic carbocycles. The van der Waals surface area contributed by atoms with Gasteiger partial charge in [-0.25, -0.2) is 4.98 Å². The Bertz CT molecular complexity index is 421. The Labute approximate surface area is 94.2 Å². The van der Waals surface area contributed by atoms with Crippen molar-refractivity contribution in [2.45, 2.75) is 6.54 Å². The van der Waals surface area contributed by atoms with E-state index in [1.165, 1.54) is 11.1 Å². The van der Waals surface area contributed by atoms with Crippen molar-refractivity contribution in [3.63, 3.8) is 0 Å². The van der Waals surface area contributed by atoms with Crippen LogP contribution in [-0.2, 0) is 6.54 Å². The lowest BCUT2D eigenvalue weighted by molar-refractivity contribution is 0.402. The molecule has 0 bridgehead atoms. The highest BCUT2D eigenvalue weighted by Gasteiger charge is 2.02. The lowest BCUT2D eigenvalue weighted by atomic mass is 10.1. The van der Waals surface area contributed by atoms with Crippen LogP contribution < -0.4 is 0 Å². The summed E-state index contributed by atoms with van der Waals surface area (Å²) >= 11 is 1.55. The van der Waals surface area contributed by atoms with E-state index in [2.05, 4.69) is 53.6 Å². The molecule has 1 aromatic heterocycles. The first-order chi connectivity index (χ1) is 7.25. The van der Waals surface area contributed by atoms with Crippen LogP contribution in [0.4, 0.5) is 0 Å². The Hall–Kier alpha value is -1.19. The third kappa shape index (κ3) is 2.64. The molecule has 2 rings (SSSR count). The second-order valence-electron chi connectivity index (χ2n) is 3.72. The van der Waals surface area contributed by atoms with Gasteiger partial charge in [0.05, 0.1) is 5.38 Å². The van der Waals surface area contributed by atoms with Crippen LogP contribution in [0.3, 0.4) is 0 Å². The molecule has 2 aromatic rings. The number of hydrogen-bond donors (Lipinski definition) is 0. The number of rotatable bonds is 3. The van der Waals surface area contributed by atoms with Crippen LogP contribution in [0.15, 0.2) is 30.5 Å². The zero-order valence-electron chi connectivity index (χ0n) is 8.90. The molecule has 0 aliphatic rings. The van der Waals surface area contributed by atoms with Crippen LogP contribution in [-0.4, -0.2) is 24.0 Å². The van der Waals surface area contributed by atoms with Crippen LogP contribution in [0, 0.1) is 5.38 Å². The zero-order valence-corrected chi connectivity index (χ0v) is 9.71. The van der Waals surface area contributed by atoms with Crippen LogP contribution >= 0.6 is 11.3 Å². The summed E-state index contributed by atoms with van der Waals surface area (Å²) in [6, 6.07) is 8.49. The monoisotopic (exact) mass is 217 g/mol. The predicted octanol–water partition coefficient (Wildman–Crippen LogP) is 2.67. The summed E-state index contributed by atoms with van der Waals surface area (Å²) in [7, 11) is 4.15. The first-order valence-electron chi connectivity index (χ1n) is 4.81. The molecule has 1 heterocycles. The Balaban J connectivity index is 2.27. The van der Waals surface area contributed by atoms with Gasteiger partial charge in [0.15, 0.2) is 0 Å². The summed E-state index contributed by atoms with van der Waals surface area (Å²) < 4.78 is 0. The Morgan fingerprint density at radius 2 is 2.27 bits per heavy atom. The predicted molar refractivity (Wildman–Crippen MR) is 63.8 cm³/mol. The highest BCUT2D eigenvalue weighted by atomic mass is 32.1. The first kappa shape index (κ1) is 10.3. The van der Waals surface area contributed by atoms with E-state index in [-0.39, 0.29) is 0 Å². The van der Waals surface area contributed by atoms with E-state index in [9.17, 15) is 0 Å². The quantitative estimate of drug-likeness (QED) is 0.785. The van der Waals surface area contributed by atoms with Gasteiger partial charge in [-0.1, -0.05) is 18.2 Å². The molecule has 0 saturated heterocycles. The summed E-state index contributed by atoms with van der Waals surface area (Å²) in [5.41, 5.74) is 2.49. The molecule has 2 nitrogen and oxygen atoms in total. The largest absolute Gasteiger partial charge is 0.305 e. The number of hydrogen-bond acceptors (Lipinski definition) is 3. The van der Waals surface area contributed by atoms with Crippen molar-refractivity contribution in [3.05, 3.63) is 41.4 Å². The highest BCUT2D eigenvalue weighted by Crippen LogP contribution is 2.22. The highest BCUT2D eigenvalue weighted by molar-refractivity contribution is 7.12. The Kier molecular flexibility index (Phi) is 3.14. The van der Waals surface area contributed by atoms with E-state index in [1.54, 1.807) is 17.5 Å². The summed E-state index contributed by atoms with van der Waals surface area (Å²) in [5.74, 6) is 0. The molecule has 3 heteroatoms. The zero-order chi connectivity index (χ0) is 10.7. The van der Waals surface area contributed by atoms with Gasteiger partial charge in [0.1, 0.15) is 5.01 Å². The molecule has 0 unspecified atom stereocenters. The van der Waals surface area contributed by atoms with Gasteiger partial charge < -0.3 is 4.90 Å². The van der Waals surface area contributed by atoms with Gasteiger partial charge in [-0.2, -0.15) is 0 Å². The number of thiazole rings is 1. The summed E-state index contributed by atoms with van der Waals surface area (Å²) in [5, 5.41) is 4.05. The third-order valence-electron chi connectivity index (χ3n) is 2.06. The number of benzene rings is 1. The molecule has 0 aliphatic heterocycles. The molecular formula is C12H13N2S. The molecule has 15 heavy (non-hydrogen) atoms. The standard InChI is InChI=1S/C12H13N2S/c1-14(2)9-10-4-3-5-11(8-10)12-13-6-7-15-12/h3-6,8H,9H2,1-2H3.